The van der Waals surface area contributed by atoms with E-state index >= 15 is 0 Å². The molecule has 2 aromatic heterocycles. The number of ketones is 1. The first-order valence-electron chi connectivity index (χ1n) is 15.8. The van der Waals surface area contributed by atoms with Crippen LogP contribution in [0.25, 0.3) is 0 Å². The van der Waals surface area contributed by atoms with Crippen molar-refractivity contribution >= 4 is 35.4 Å². The van der Waals surface area contributed by atoms with Crippen LogP contribution in [-0.2, 0) is 16.0 Å². The molecular weight excluding hydrogens is 636 g/mol. The van der Waals surface area contributed by atoms with Crippen LogP contribution in [-0.4, -0.2) is 104 Å². The van der Waals surface area contributed by atoms with Gasteiger partial charge >= 0.3 is 5.97 Å². The Labute approximate surface area is 283 Å². The number of H-pyrrole nitrogens is 2. The van der Waals surface area contributed by atoms with Gasteiger partial charge < -0.3 is 47.4 Å². The summed E-state index contributed by atoms with van der Waals surface area (Å²) in [5, 5.41) is 22.5. The Morgan fingerprint density at radius 1 is 0.796 bits per heavy atom. The number of aromatic nitrogens is 4. The fraction of sp³-hybridized carbons (Fsp3) is 0.438. The first kappa shape index (κ1) is 38.0. The minimum absolute atomic E-state index is 0.100. The van der Waals surface area contributed by atoms with Crippen molar-refractivity contribution in [3.63, 3.8) is 0 Å². The van der Waals surface area contributed by atoms with E-state index in [2.05, 4.69) is 46.5 Å². The van der Waals surface area contributed by atoms with Gasteiger partial charge in [-0.3, -0.25) is 28.8 Å². The molecule has 0 fully saturated rings. The largest absolute Gasteiger partial charge is 0.480 e. The van der Waals surface area contributed by atoms with Crippen molar-refractivity contribution in [2.75, 3.05) is 19.6 Å². The summed E-state index contributed by atoms with van der Waals surface area (Å²) >= 11 is 0. The third-order valence-corrected chi connectivity index (χ3v) is 7.36. The molecule has 17 nitrogen and oxygen atoms in total. The normalized spacial score (nSPS) is 13.5. The van der Waals surface area contributed by atoms with Gasteiger partial charge in [0.25, 0.3) is 23.6 Å². The summed E-state index contributed by atoms with van der Waals surface area (Å²) in [6.45, 7) is 7.13. The van der Waals surface area contributed by atoms with Gasteiger partial charge in [-0.1, -0.05) is 44.2 Å². The molecule has 1 aromatic carbocycles. The molecule has 10 N–H and O–H groups in total. The first-order valence-corrected chi connectivity index (χ1v) is 15.8. The van der Waals surface area contributed by atoms with Crippen LogP contribution in [0, 0.1) is 5.92 Å². The summed E-state index contributed by atoms with van der Waals surface area (Å²) in [4.78, 5) is 89.3. The SMILES string of the molecule is CC(C)C[C@@H](CN)NC(=O)c1nc[nH]c1C(=O)N[C@@H](Cc1ccccc1)C(=O)CNC[C@H](C)NC(=O)c1nc[nH]c1C(=O)N[C@@H](C)C(=O)O. The van der Waals surface area contributed by atoms with Crippen LogP contribution in [0.5, 0.6) is 0 Å². The van der Waals surface area contributed by atoms with Crippen molar-refractivity contribution < 1.29 is 33.9 Å². The van der Waals surface area contributed by atoms with Gasteiger partial charge in [-0.25, -0.2) is 9.97 Å². The van der Waals surface area contributed by atoms with E-state index < -0.39 is 47.7 Å². The fourth-order valence-electron chi connectivity index (χ4n) is 4.85. The molecule has 4 amide bonds. The third-order valence-electron chi connectivity index (χ3n) is 7.36. The molecule has 4 atom stereocenters. The maximum absolute atomic E-state index is 13.4. The van der Waals surface area contributed by atoms with Gasteiger partial charge in [0.05, 0.1) is 25.2 Å². The highest BCUT2D eigenvalue weighted by Crippen LogP contribution is 2.10. The molecule has 0 aliphatic rings. The summed E-state index contributed by atoms with van der Waals surface area (Å²) in [5.41, 5.74) is 5.96. The highest BCUT2D eigenvalue weighted by molar-refractivity contribution is 6.06. The number of nitrogens with one attached hydrogen (secondary N) is 7. The number of Topliss-reactive ketones (excluding diaryl/α,β-unsaturated/α-hetero) is 1. The Hall–Kier alpha value is -5.42. The number of hydrogen-bond acceptors (Lipinski definition) is 10. The second kappa shape index (κ2) is 18.2. The lowest BCUT2D eigenvalue weighted by Gasteiger charge is -2.20. The summed E-state index contributed by atoms with van der Waals surface area (Å²) in [6, 6.07) is 6.08. The second-order valence-electron chi connectivity index (χ2n) is 12.0. The Kier molecular flexibility index (Phi) is 14.1. The number of hydrogen-bond donors (Lipinski definition) is 9. The zero-order valence-corrected chi connectivity index (χ0v) is 27.8. The Bertz CT molecular complexity index is 1600. The van der Waals surface area contributed by atoms with Gasteiger partial charge in [-0.15, -0.1) is 0 Å². The van der Waals surface area contributed by atoms with Crippen LogP contribution in [0.1, 0.15) is 81.6 Å². The molecule has 2 heterocycles. The average Bonchev–Trinajstić information content (AvgIpc) is 3.75. The number of carboxylic acid groups (broad SMARTS) is 1. The number of nitrogens with zero attached hydrogens (tertiary/aromatic N) is 2. The number of rotatable bonds is 19. The van der Waals surface area contributed by atoms with Crippen LogP contribution in [0.2, 0.25) is 0 Å². The van der Waals surface area contributed by atoms with Gasteiger partial charge in [0.2, 0.25) is 0 Å². The summed E-state index contributed by atoms with van der Waals surface area (Å²) in [7, 11) is 0. The highest BCUT2D eigenvalue weighted by atomic mass is 16.4. The summed E-state index contributed by atoms with van der Waals surface area (Å²) < 4.78 is 0. The monoisotopic (exact) mass is 680 g/mol. The van der Waals surface area contributed by atoms with E-state index in [0.29, 0.717) is 6.42 Å². The molecule has 0 bridgehead atoms. The summed E-state index contributed by atoms with van der Waals surface area (Å²) in [5.74, 6) is -4.08. The lowest BCUT2D eigenvalue weighted by molar-refractivity contribution is -0.138. The van der Waals surface area contributed by atoms with E-state index in [1.807, 2.05) is 44.2 Å². The lowest BCUT2D eigenvalue weighted by Crippen LogP contribution is -2.48. The van der Waals surface area contributed by atoms with E-state index in [1.165, 1.54) is 13.3 Å². The quantitative estimate of drug-likeness (QED) is 0.0797. The van der Waals surface area contributed by atoms with Crippen molar-refractivity contribution in [3.8, 4) is 0 Å². The fourth-order valence-corrected chi connectivity index (χ4v) is 4.85. The number of aliphatic carboxylic acids is 1. The molecule has 0 aliphatic heterocycles. The molecule has 0 spiro atoms. The number of carboxylic acids is 1. The maximum atomic E-state index is 13.4. The number of carbonyl (C=O) groups is 6. The molecule has 3 rings (SSSR count). The van der Waals surface area contributed by atoms with E-state index in [4.69, 9.17) is 10.8 Å². The topological polar surface area (TPSA) is 266 Å². The van der Waals surface area contributed by atoms with Crippen molar-refractivity contribution in [2.45, 2.75) is 64.7 Å². The minimum Gasteiger partial charge on any atom is -0.480 e. The predicted molar refractivity (Wildman–Crippen MR) is 178 cm³/mol. The van der Waals surface area contributed by atoms with Gasteiger partial charge in [-0.2, -0.15) is 0 Å². The maximum Gasteiger partial charge on any atom is 0.325 e. The predicted octanol–water partition coefficient (Wildman–Crippen LogP) is -0.243. The molecule has 264 valence electrons. The highest BCUT2D eigenvalue weighted by Gasteiger charge is 2.28. The molecule has 0 saturated heterocycles. The van der Waals surface area contributed by atoms with Gasteiger partial charge in [0, 0.05) is 25.2 Å². The van der Waals surface area contributed by atoms with Crippen molar-refractivity contribution in [1.29, 1.82) is 0 Å². The standard InChI is InChI=1S/C32H44N10O7/c1-17(2)10-21(12-33)41-30(46)26-27(38-16-37-26)31(47)42-22(11-20-8-6-5-7-9-20)23(43)14-34-13-18(3)39-28(44)24-25(36-15-35-24)29(45)40-19(4)32(48)49/h5-9,15-19,21-22,34H,10-14,33H2,1-4H3,(H,35,36)(H,37,38)(H,39,44)(H,40,45)(H,41,46)(H,42,47)(H,48,49)/t18-,19-,21-,22-/m0/s1. The number of nitrogens with two attached hydrogens (primary N) is 1. The smallest absolute Gasteiger partial charge is 0.325 e. The Morgan fingerprint density at radius 3 is 1.92 bits per heavy atom. The average molecular weight is 681 g/mol. The molecule has 0 unspecified atom stereocenters. The number of aromatic amines is 2. The zero-order chi connectivity index (χ0) is 36.1. The van der Waals surface area contributed by atoms with E-state index in [-0.39, 0.29) is 66.6 Å². The van der Waals surface area contributed by atoms with Crippen LogP contribution in [0.3, 0.4) is 0 Å². The molecule has 3 aromatic rings. The van der Waals surface area contributed by atoms with E-state index in [9.17, 15) is 28.8 Å². The van der Waals surface area contributed by atoms with E-state index in [1.54, 1.807) is 6.92 Å². The minimum atomic E-state index is -1.24. The number of amides is 4. The zero-order valence-electron chi connectivity index (χ0n) is 27.8. The third kappa shape index (κ3) is 11.4. The van der Waals surface area contributed by atoms with Crippen LogP contribution < -0.4 is 32.3 Å². The molecule has 49 heavy (non-hydrogen) atoms. The van der Waals surface area contributed by atoms with Gasteiger partial charge in [-0.05, 0) is 38.2 Å². The number of benzene rings is 1. The van der Waals surface area contributed by atoms with Crippen molar-refractivity contribution in [2.24, 2.45) is 11.7 Å². The number of imidazole rings is 2. The van der Waals surface area contributed by atoms with Crippen molar-refractivity contribution in [3.05, 3.63) is 71.3 Å². The molecule has 0 radical (unpaired) electrons. The Balaban J connectivity index is 1.62. The molecule has 17 heteroatoms. The number of carbonyl (C=O) groups excluding carboxylic acids is 5. The van der Waals surface area contributed by atoms with E-state index in [0.717, 1.165) is 11.9 Å². The lowest BCUT2D eigenvalue weighted by atomic mass is 10.0. The molecule has 0 saturated carbocycles. The first-order chi connectivity index (χ1) is 23.3. The van der Waals surface area contributed by atoms with Gasteiger partial charge in [0.15, 0.2) is 17.2 Å². The van der Waals surface area contributed by atoms with Gasteiger partial charge in [0.1, 0.15) is 17.4 Å². The Morgan fingerprint density at radius 2 is 1.37 bits per heavy atom. The second-order valence-corrected chi connectivity index (χ2v) is 12.0. The summed E-state index contributed by atoms with van der Waals surface area (Å²) in [6.07, 6.45) is 3.18. The van der Waals surface area contributed by atoms with Crippen LogP contribution >= 0.6 is 0 Å². The van der Waals surface area contributed by atoms with Crippen LogP contribution in [0.15, 0.2) is 43.0 Å². The van der Waals surface area contributed by atoms with Crippen LogP contribution in [0.4, 0.5) is 0 Å². The molecular formula is C32H44N10O7. The molecule has 0 aliphatic carbocycles. The van der Waals surface area contributed by atoms with Crippen molar-refractivity contribution in [1.82, 2.24) is 46.5 Å².